The maximum atomic E-state index is 12.2. The van der Waals surface area contributed by atoms with E-state index in [-0.39, 0.29) is 5.56 Å². The van der Waals surface area contributed by atoms with Crippen molar-refractivity contribution in [1.29, 1.82) is 0 Å². The quantitative estimate of drug-likeness (QED) is 0.717. The molecular formula is C17H20N2O. The van der Waals surface area contributed by atoms with Gasteiger partial charge < -0.3 is 9.97 Å². The predicted molar refractivity (Wildman–Crippen MR) is 84.6 cm³/mol. The van der Waals surface area contributed by atoms with Gasteiger partial charge in [0.2, 0.25) is 0 Å². The summed E-state index contributed by atoms with van der Waals surface area (Å²) in [7, 11) is 0. The minimum Gasteiger partial charge on any atom is -0.357 e. The van der Waals surface area contributed by atoms with E-state index in [1.165, 1.54) is 5.56 Å². The van der Waals surface area contributed by atoms with Gasteiger partial charge in [0.15, 0.2) is 0 Å². The third kappa shape index (κ3) is 1.94. The van der Waals surface area contributed by atoms with Crippen LogP contribution in [-0.4, -0.2) is 9.97 Å². The van der Waals surface area contributed by atoms with Crippen molar-refractivity contribution in [2.75, 3.05) is 0 Å². The molecule has 2 aromatic heterocycles. The van der Waals surface area contributed by atoms with Gasteiger partial charge in [0.25, 0.3) is 5.56 Å². The molecule has 0 aliphatic rings. The molecule has 3 nitrogen and oxygen atoms in total. The number of hydrogen-bond donors (Lipinski definition) is 2. The van der Waals surface area contributed by atoms with Crippen LogP contribution in [0.4, 0.5) is 0 Å². The number of aromatic amines is 2. The Morgan fingerprint density at radius 3 is 2.30 bits per heavy atom. The zero-order chi connectivity index (χ0) is 14.4. The lowest BCUT2D eigenvalue weighted by atomic mass is 10.0. The lowest BCUT2D eigenvalue weighted by Crippen LogP contribution is -2.05. The number of hydrogen-bond acceptors (Lipinski definition) is 1. The van der Waals surface area contributed by atoms with Gasteiger partial charge in [0, 0.05) is 11.1 Å². The largest absolute Gasteiger partial charge is 0.357 e. The van der Waals surface area contributed by atoms with Crippen LogP contribution < -0.4 is 5.56 Å². The third-order valence-corrected chi connectivity index (χ3v) is 3.93. The Hall–Kier alpha value is -2.03. The van der Waals surface area contributed by atoms with E-state index < -0.39 is 0 Å². The van der Waals surface area contributed by atoms with Crippen molar-refractivity contribution in [1.82, 2.24) is 9.97 Å². The lowest BCUT2D eigenvalue weighted by molar-refractivity contribution is 0.837. The second-order valence-electron chi connectivity index (χ2n) is 6.08. The SMILES string of the molecule is CC(C)c1ccc2c(c1)[nH]c(=O)c1cc(C(C)C)[nH]c12. The second kappa shape index (κ2) is 4.51. The smallest absolute Gasteiger partial charge is 0.257 e. The Kier molecular flexibility index (Phi) is 2.93. The van der Waals surface area contributed by atoms with E-state index in [9.17, 15) is 4.79 Å². The maximum absolute atomic E-state index is 12.2. The van der Waals surface area contributed by atoms with Gasteiger partial charge in [-0.2, -0.15) is 0 Å². The number of H-pyrrole nitrogens is 2. The van der Waals surface area contributed by atoms with Crippen molar-refractivity contribution in [3.05, 3.63) is 45.9 Å². The summed E-state index contributed by atoms with van der Waals surface area (Å²) >= 11 is 0. The number of benzene rings is 1. The van der Waals surface area contributed by atoms with Gasteiger partial charge in [-0.25, -0.2) is 0 Å². The first-order valence-corrected chi connectivity index (χ1v) is 7.16. The Balaban J connectivity index is 2.38. The van der Waals surface area contributed by atoms with Crippen LogP contribution in [0.25, 0.3) is 21.8 Å². The summed E-state index contributed by atoms with van der Waals surface area (Å²) in [6.45, 7) is 8.56. The van der Waals surface area contributed by atoms with Gasteiger partial charge in [0.05, 0.1) is 16.4 Å². The Labute approximate surface area is 118 Å². The molecule has 20 heavy (non-hydrogen) atoms. The first-order chi connectivity index (χ1) is 9.47. The molecule has 1 aromatic carbocycles. The number of fused-ring (bicyclic) bond motifs is 3. The molecule has 2 heterocycles. The van der Waals surface area contributed by atoms with Crippen molar-refractivity contribution in [3.8, 4) is 0 Å². The van der Waals surface area contributed by atoms with E-state index in [1.807, 2.05) is 6.07 Å². The number of aromatic nitrogens is 2. The highest BCUT2D eigenvalue weighted by molar-refractivity contribution is 6.03. The molecule has 0 aliphatic carbocycles. The Bertz CT molecular complexity index is 837. The van der Waals surface area contributed by atoms with E-state index in [1.54, 1.807) is 0 Å². The van der Waals surface area contributed by atoms with Crippen LogP contribution >= 0.6 is 0 Å². The number of rotatable bonds is 2. The molecule has 104 valence electrons. The fourth-order valence-corrected chi connectivity index (χ4v) is 2.61. The summed E-state index contributed by atoms with van der Waals surface area (Å²) < 4.78 is 0. The van der Waals surface area contributed by atoms with Crippen molar-refractivity contribution in [2.45, 2.75) is 39.5 Å². The number of pyridine rings is 1. The molecule has 0 spiro atoms. The van der Waals surface area contributed by atoms with E-state index in [0.717, 1.165) is 27.5 Å². The highest BCUT2D eigenvalue weighted by Gasteiger charge is 2.11. The first kappa shape index (κ1) is 13.0. The van der Waals surface area contributed by atoms with Crippen LogP contribution in [0.2, 0.25) is 0 Å². The highest BCUT2D eigenvalue weighted by Crippen LogP contribution is 2.26. The molecule has 3 rings (SSSR count). The van der Waals surface area contributed by atoms with Gasteiger partial charge in [-0.05, 0) is 29.5 Å². The van der Waals surface area contributed by atoms with Gasteiger partial charge in [-0.3, -0.25) is 4.79 Å². The van der Waals surface area contributed by atoms with Crippen LogP contribution in [0.15, 0.2) is 29.1 Å². The average Bonchev–Trinajstić information content (AvgIpc) is 2.84. The normalized spacial score (nSPS) is 12.1. The molecule has 0 radical (unpaired) electrons. The average molecular weight is 268 g/mol. The minimum absolute atomic E-state index is 0.0171. The summed E-state index contributed by atoms with van der Waals surface area (Å²) in [6, 6.07) is 8.29. The summed E-state index contributed by atoms with van der Waals surface area (Å²) in [4.78, 5) is 18.6. The van der Waals surface area contributed by atoms with Crippen LogP contribution in [0, 0.1) is 0 Å². The molecule has 0 unspecified atom stereocenters. The molecule has 0 saturated carbocycles. The topological polar surface area (TPSA) is 48.6 Å². The molecule has 0 atom stereocenters. The maximum Gasteiger partial charge on any atom is 0.257 e. The molecule has 3 aromatic rings. The second-order valence-corrected chi connectivity index (χ2v) is 6.08. The Morgan fingerprint density at radius 2 is 1.65 bits per heavy atom. The fourth-order valence-electron chi connectivity index (χ4n) is 2.61. The summed E-state index contributed by atoms with van der Waals surface area (Å²) in [6.07, 6.45) is 0. The van der Waals surface area contributed by atoms with Crippen molar-refractivity contribution >= 4 is 21.8 Å². The summed E-state index contributed by atoms with van der Waals surface area (Å²) in [5, 5.41) is 1.83. The van der Waals surface area contributed by atoms with Gasteiger partial charge in [-0.15, -0.1) is 0 Å². The minimum atomic E-state index is -0.0171. The molecule has 2 N–H and O–H groups in total. The Morgan fingerprint density at radius 1 is 0.900 bits per heavy atom. The van der Waals surface area contributed by atoms with E-state index in [2.05, 4.69) is 55.9 Å². The predicted octanol–water partition coefficient (Wildman–Crippen LogP) is 4.26. The zero-order valence-corrected chi connectivity index (χ0v) is 12.4. The van der Waals surface area contributed by atoms with E-state index in [4.69, 9.17) is 0 Å². The highest BCUT2D eigenvalue weighted by atomic mass is 16.1. The van der Waals surface area contributed by atoms with Crippen LogP contribution in [-0.2, 0) is 0 Å². The first-order valence-electron chi connectivity index (χ1n) is 7.16. The third-order valence-electron chi connectivity index (χ3n) is 3.93. The molecule has 0 aliphatic heterocycles. The number of nitrogens with one attached hydrogen (secondary N) is 2. The molecule has 0 fully saturated rings. The van der Waals surface area contributed by atoms with Crippen LogP contribution in [0.3, 0.4) is 0 Å². The van der Waals surface area contributed by atoms with Crippen LogP contribution in [0.1, 0.15) is 50.8 Å². The molecule has 0 bridgehead atoms. The van der Waals surface area contributed by atoms with Crippen molar-refractivity contribution in [3.63, 3.8) is 0 Å². The molecule has 0 saturated heterocycles. The summed E-state index contributed by atoms with van der Waals surface area (Å²) in [5.41, 5.74) is 4.18. The molecule has 0 amide bonds. The molecule has 3 heteroatoms. The van der Waals surface area contributed by atoms with Gasteiger partial charge >= 0.3 is 0 Å². The van der Waals surface area contributed by atoms with Gasteiger partial charge in [0.1, 0.15) is 0 Å². The van der Waals surface area contributed by atoms with E-state index >= 15 is 0 Å². The standard InChI is InChI=1S/C17H20N2O/c1-9(2)11-5-6-12-15(7-11)19-17(20)13-8-14(10(3)4)18-16(12)13/h5-10,18H,1-4H3,(H,19,20). The molecular weight excluding hydrogens is 248 g/mol. The zero-order valence-electron chi connectivity index (χ0n) is 12.4. The monoisotopic (exact) mass is 268 g/mol. The van der Waals surface area contributed by atoms with Crippen molar-refractivity contribution < 1.29 is 0 Å². The fraction of sp³-hybridized carbons (Fsp3) is 0.353. The van der Waals surface area contributed by atoms with Gasteiger partial charge in [-0.1, -0.05) is 39.8 Å². The lowest BCUT2D eigenvalue weighted by Gasteiger charge is -2.07. The van der Waals surface area contributed by atoms with E-state index in [0.29, 0.717) is 11.8 Å². The van der Waals surface area contributed by atoms with Crippen molar-refractivity contribution in [2.24, 2.45) is 0 Å². The summed E-state index contributed by atoms with van der Waals surface area (Å²) in [5.74, 6) is 0.834. The van der Waals surface area contributed by atoms with Crippen LogP contribution in [0.5, 0.6) is 0 Å².